The largest absolute Gasteiger partial charge is 0.311 e. The molecular formula is C12H15N. The van der Waals surface area contributed by atoms with E-state index in [9.17, 15) is 0 Å². The smallest absolute Gasteiger partial charge is 0.0179 e. The Morgan fingerprint density at radius 3 is 3.08 bits per heavy atom. The molecule has 1 nitrogen and oxygen atoms in total. The Hall–Kier alpha value is -0.820. The van der Waals surface area contributed by atoms with Crippen LogP contribution < -0.4 is 5.32 Å². The number of nitrogens with one attached hydrogen (secondary N) is 1. The lowest BCUT2D eigenvalue weighted by Crippen LogP contribution is -2.28. The summed E-state index contributed by atoms with van der Waals surface area (Å²) in [6, 6.07) is 10.4. The van der Waals surface area contributed by atoms with Gasteiger partial charge in [-0.2, -0.15) is 0 Å². The Kier molecular flexibility index (Phi) is 1.50. The first-order chi connectivity index (χ1) is 6.34. The summed E-state index contributed by atoms with van der Waals surface area (Å²) >= 11 is 0. The van der Waals surface area contributed by atoms with Crippen molar-refractivity contribution in [1.29, 1.82) is 0 Å². The Bertz CT molecular complexity index is 332. The van der Waals surface area contributed by atoms with Gasteiger partial charge in [-0.15, -0.1) is 0 Å². The molecule has 68 valence electrons. The molecule has 0 amide bonds. The van der Waals surface area contributed by atoms with E-state index in [1.165, 1.54) is 12.8 Å². The first kappa shape index (κ1) is 7.57. The summed E-state index contributed by atoms with van der Waals surface area (Å²) in [7, 11) is 0. The van der Waals surface area contributed by atoms with Gasteiger partial charge in [0.1, 0.15) is 0 Å². The van der Waals surface area contributed by atoms with Crippen LogP contribution in [-0.4, -0.2) is 12.1 Å². The SMILES string of the molecule is CC1CC2c3ccccc3CC2N1. The third kappa shape index (κ3) is 1.03. The molecule has 1 aliphatic carbocycles. The zero-order valence-electron chi connectivity index (χ0n) is 7.96. The van der Waals surface area contributed by atoms with Gasteiger partial charge in [-0.3, -0.25) is 0 Å². The molecule has 0 aromatic heterocycles. The maximum atomic E-state index is 3.66. The first-order valence-corrected chi connectivity index (χ1v) is 5.18. The predicted octanol–water partition coefficient (Wildman–Crippen LogP) is 2.08. The molecular weight excluding hydrogens is 158 g/mol. The molecule has 3 rings (SSSR count). The third-order valence-corrected chi connectivity index (χ3v) is 3.49. The number of hydrogen-bond acceptors (Lipinski definition) is 1. The highest BCUT2D eigenvalue weighted by atomic mass is 15.0. The molecule has 2 aliphatic rings. The molecule has 1 aromatic carbocycles. The molecule has 3 unspecified atom stereocenters. The van der Waals surface area contributed by atoms with Crippen LogP contribution in [0, 0.1) is 0 Å². The summed E-state index contributed by atoms with van der Waals surface area (Å²) in [6.45, 7) is 2.29. The highest BCUT2D eigenvalue weighted by molar-refractivity contribution is 5.39. The molecule has 0 radical (unpaired) electrons. The molecule has 1 fully saturated rings. The number of fused-ring (bicyclic) bond motifs is 3. The first-order valence-electron chi connectivity index (χ1n) is 5.18. The van der Waals surface area contributed by atoms with E-state index >= 15 is 0 Å². The lowest BCUT2D eigenvalue weighted by molar-refractivity contribution is 0.559. The average Bonchev–Trinajstić information content (AvgIpc) is 2.60. The average molecular weight is 173 g/mol. The molecule has 1 aromatic rings. The van der Waals surface area contributed by atoms with E-state index in [4.69, 9.17) is 0 Å². The Balaban J connectivity index is 2.02. The van der Waals surface area contributed by atoms with Crippen molar-refractivity contribution in [3.05, 3.63) is 35.4 Å². The second-order valence-corrected chi connectivity index (χ2v) is 4.42. The second-order valence-electron chi connectivity index (χ2n) is 4.42. The van der Waals surface area contributed by atoms with E-state index in [1.807, 2.05) is 0 Å². The lowest BCUT2D eigenvalue weighted by atomic mass is 9.97. The van der Waals surface area contributed by atoms with Crippen molar-refractivity contribution in [3.63, 3.8) is 0 Å². The van der Waals surface area contributed by atoms with E-state index in [-0.39, 0.29) is 0 Å². The van der Waals surface area contributed by atoms with E-state index in [0.717, 1.165) is 12.0 Å². The van der Waals surface area contributed by atoms with Crippen LogP contribution in [0.25, 0.3) is 0 Å². The molecule has 0 spiro atoms. The number of benzene rings is 1. The summed E-state index contributed by atoms with van der Waals surface area (Å²) in [4.78, 5) is 0. The Morgan fingerprint density at radius 1 is 1.31 bits per heavy atom. The molecule has 0 bridgehead atoms. The van der Waals surface area contributed by atoms with Gasteiger partial charge < -0.3 is 5.32 Å². The zero-order valence-corrected chi connectivity index (χ0v) is 7.96. The van der Waals surface area contributed by atoms with Crippen molar-refractivity contribution >= 4 is 0 Å². The third-order valence-electron chi connectivity index (χ3n) is 3.49. The van der Waals surface area contributed by atoms with Gasteiger partial charge >= 0.3 is 0 Å². The molecule has 13 heavy (non-hydrogen) atoms. The zero-order chi connectivity index (χ0) is 8.84. The number of hydrogen-bond donors (Lipinski definition) is 1. The fraction of sp³-hybridized carbons (Fsp3) is 0.500. The van der Waals surface area contributed by atoms with Crippen LogP contribution >= 0.6 is 0 Å². The van der Waals surface area contributed by atoms with Crippen molar-refractivity contribution in [2.24, 2.45) is 0 Å². The molecule has 0 saturated carbocycles. The summed E-state index contributed by atoms with van der Waals surface area (Å²) in [6.07, 6.45) is 2.56. The van der Waals surface area contributed by atoms with Gasteiger partial charge in [0.05, 0.1) is 0 Å². The minimum atomic E-state index is 0.711. The van der Waals surface area contributed by atoms with E-state index in [0.29, 0.717) is 6.04 Å². The maximum Gasteiger partial charge on any atom is 0.0179 e. The van der Waals surface area contributed by atoms with E-state index < -0.39 is 0 Å². The lowest BCUT2D eigenvalue weighted by Gasteiger charge is -2.07. The van der Waals surface area contributed by atoms with Gasteiger partial charge in [0, 0.05) is 18.0 Å². The van der Waals surface area contributed by atoms with Crippen LogP contribution in [0.4, 0.5) is 0 Å². The van der Waals surface area contributed by atoms with Gasteiger partial charge in [-0.25, -0.2) is 0 Å². The highest BCUT2D eigenvalue weighted by Crippen LogP contribution is 2.40. The fourth-order valence-corrected chi connectivity index (χ4v) is 2.96. The van der Waals surface area contributed by atoms with Crippen molar-refractivity contribution in [2.75, 3.05) is 0 Å². The van der Waals surface area contributed by atoms with Gasteiger partial charge in [-0.05, 0) is 30.9 Å². The normalized spacial score (nSPS) is 35.9. The molecule has 1 N–H and O–H groups in total. The standard InChI is InChI=1S/C12H15N/c1-8-6-11-10-5-3-2-4-9(10)7-12(11)13-8/h2-5,8,11-13H,6-7H2,1H3. The van der Waals surface area contributed by atoms with Crippen LogP contribution in [0.15, 0.2) is 24.3 Å². The van der Waals surface area contributed by atoms with Gasteiger partial charge in [0.2, 0.25) is 0 Å². The van der Waals surface area contributed by atoms with Gasteiger partial charge in [0.25, 0.3) is 0 Å². The summed E-state index contributed by atoms with van der Waals surface area (Å²) in [5.41, 5.74) is 3.17. The van der Waals surface area contributed by atoms with Gasteiger partial charge in [-0.1, -0.05) is 24.3 Å². The summed E-state index contributed by atoms with van der Waals surface area (Å²) < 4.78 is 0. The topological polar surface area (TPSA) is 12.0 Å². The fourth-order valence-electron chi connectivity index (χ4n) is 2.96. The molecule has 1 aliphatic heterocycles. The van der Waals surface area contributed by atoms with Crippen LogP contribution in [0.5, 0.6) is 0 Å². The van der Waals surface area contributed by atoms with E-state index in [1.54, 1.807) is 11.1 Å². The van der Waals surface area contributed by atoms with Crippen molar-refractivity contribution in [1.82, 2.24) is 5.32 Å². The van der Waals surface area contributed by atoms with Gasteiger partial charge in [0.15, 0.2) is 0 Å². The quantitative estimate of drug-likeness (QED) is 0.633. The van der Waals surface area contributed by atoms with Crippen molar-refractivity contribution in [2.45, 2.75) is 37.8 Å². The minimum absolute atomic E-state index is 0.711. The molecule has 1 heteroatoms. The van der Waals surface area contributed by atoms with Crippen LogP contribution in [-0.2, 0) is 6.42 Å². The Morgan fingerprint density at radius 2 is 2.15 bits per heavy atom. The molecule has 1 saturated heterocycles. The second kappa shape index (κ2) is 2.58. The predicted molar refractivity (Wildman–Crippen MR) is 53.9 cm³/mol. The Labute approximate surface area is 79.2 Å². The van der Waals surface area contributed by atoms with Crippen molar-refractivity contribution < 1.29 is 0 Å². The monoisotopic (exact) mass is 173 g/mol. The van der Waals surface area contributed by atoms with Crippen LogP contribution in [0.2, 0.25) is 0 Å². The molecule has 1 heterocycles. The highest BCUT2D eigenvalue weighted by Gasteiger charge is 2.38. The number of rotatable bonds is 0. The molecule has 3 atom stereocenters. The minimum Gasteiger partial charge on any atom is -0.311 e. The maximum absolute atomic E-state index is 3.66. The van der Waals surface area contributed by atoms with Crippen LogP contribution in [0.1, 0.15) is 30.4 Å². The summed E-state index contributed by atoms with van der Waals surface area (Å²) in [5, 5.41) is 3.66. The van der Waals surface area contributed by atoms with Crippen LogP contribution in [0.3, 0.4) is 0 Å². The summed E-state index contributed by atoms with van der Waals surface area (Å²) in [5.74, 6) is 0.797. The van der Waals surface area contributed by atoms with E-state index in [2.05, 4.69) is 36.5 Å². The van der Waals surface area contributed by atoms with Crippen molar-refractivity contribution in [3.8, 4) is 0 Å².